The van der Waals surface area contributed by atoms with Crippen molar-refractivity contribution in [2.75, 3.05) is 18.5 Å². The number of benzene rings is 2. The van der Waals surface area contributed by atoms with Crippen LogP contribution in [-0.4, -0.2) is 28.9 Å². The Morgan fingerprint density at radius 2 is 1.77 bits per heavy atom. The van der Waals surface area contributed by atoms with Crippen molar-refractivity contribution in [3.8, 4) is 5.75 Å². The molecule has 2 rings (SSSR count). The van der Waals surface area contributed by atoms with Crippen LogP contribution in [0.2, 0.25) is 0 Å². The Kier molecular flexibility index (Phi) is 4.87. The molecule has 2 aromatic rings. The summed E-state index contributed by atoms with van der Waals surface area (Å²) in [6.07, 6.45) is 0.627. The highest BCUT2D eigenvalue weighted by Crippen LogP contribution is 2.27. The number of nitrogens with zero attached hydrogens (tertiary/aromatic N) is 1. The van der Waals surface area contributed by atoms with E-state index < -0.39 is 10.0 Å². The van der Waals surface area contributed by atoms with E-state index in [2.05, 4.69) is 15.9 Å². The molecule has 7 heteroatoms. The highest BCUT2D eigenvalue weighted by Gasteiger charge is 2.22. The van der Waals surface area contributed by atoms with Gasteiger partial charge in [0, 0.05) is 11.5 Å². The highest BCUT2D eigenvalue weighted by atomic mass is 79.9. The minimum Gasteiger partial charge on any atom is -0.496 e. The molecule has 2 aromatic carbocycles. The maximum Gasteiger partial charge on any atom is 0.264 e. The zero-order chi connectivity index (χ0) is 16.3. The number of hydrogen-bond acceptors (Lipinski definition) is 4. The quantitative estimate of drug-likeness (QED) is 0.744. The van der Waals surface area contributed by atoms with Crippen LogP contribution in [0.1, 0.15) is 10.4 Å². The molecule has 0 amide bonds. The van der Waals surface area contributed by atoms with Gasteiger partial charge in [0.25, 0.3) is 10.0 Å². The zero-order valence-electron chi connectivity index (χ0n) is 12.0. The average molecular weight is 384 g/mol. The lowest BCUT2D eigenvalue weighted by Crippen LogP contribution is -2.26. The van der Waals surface area contributed by atoms with Gasteiger partial charge >= 0.3 is 0 Å². The van der Waals surface area contributed by atoms with E-state index in [4.69, 9.17) is 4.74 Å². The predicted molar refractivity (Wildman–Crippen MR) is 88.1 cm³/mol. The first-order chi connectivity index (χ1) is 10.4. The van der Waals surface area contributed by atoms with Gasteiger partial charge in [0.1, 0.15) is 5.75 Å². The van der Waals surface area contributed by atoms with Crippen molar-refractivity contribution in [2.24, 2.45) is 0 Å². The summed E-state index contributed by atoms with van der Waals surface area (Å²) in [6.45, 7) is 0. The molecule has 0 fully saturated rings. The molecule has 0 aliphatic heterocycles. The van der Waals surface area contributed by atoms with E-state index in [0.717, 1.165) is 8.78 Å². The maximum atomic E-state index is 12.6. The van der Waals surface area contributed by atoms with Crippen molar-refractivity contribution < 1.29 is 17.9 Å². The van der Waals surface area contributed by atoms with Gasteiger partial charge < -0.3 is 4.74 Å². The van der Waals surface area contributed by atoms with Crippen LogP contribution in [0, 0.1) is 0 Å². The van der Waals surface area contributed by atoms with Crippen LogP contribution >= 0.6 is 15.9 Å². The van der Waals surface area contributed by atoms with Crippen molar-refractivity contribution in [1.82, 2.24) is 0 Å². The Hall–Kier alpha value is -1.86. The number of carbonyl (C=O) groups is 1. The minimum absolute atomic E-state index is 0.168. The van der Waals surface area contributed by atoms with Gasteiger partial charge in [-0.3, -0.25) is 9.10 Å². The van der Waals surface area contributed by atoms with E-state index in [-0.39, 0.29) is 10.5 Å². The zero-order valence-corrected chi connectivity index (χ0v) is 14.4. The van der Waals surface area contributed by atoms with Crippen LogP contribution in [0.5, 0.6) is 5.75 Å². The number of anilines is 1. The fourth-order valence-corrected chi connectivity index (χ4v) is 3.36. The van der Waals surface area contributed by atoms with Crippen LogP contribution in [-0.2, 0) is 10.0 Å². The number of halogens is 1. The summed E-state index contributed by atoms with van der Waals surface area (Å²) in [4.78, 5) is 11.2. The van der Waals surface area contributed by atoms with Gasteiger partial charge in [-0.15, -0.1) is 0 Å². The minimum atomic E-state index is -3.70. The van der Waals surface area contributed by atoms with Gasteiger partial charge in [-0.1, -0.05) is 15.9 Å². The SMILES string of the molecule is COc1ccc(N(C)S(=O)(=O)c2ccc(Br)cc2)cc1C=O. The Labute approximate surface area is 137 Å². The number of hydrogen-bond donors (Lipinski definition) is 0. The number of ether oxygens (including phenoxy) is 1. The summed E-state index contributed by atoms with van der Waals surface area (Å²) in [5.41, 5.74) is 0.670. The van der Waals surface area contributed by atoms with Gasteiger partial charge in [0.05, 0.1) is 23.3 Å². The number of carbonyl (C=O) groups excluding carboxylic acids is 1. The number of aldehydes is 1. The van der Waals surface area contributed by atoms with E-state index in [9.17, 15) is 13.2 Å². The Bertz CT molecular complexity index is 788. The van der Waals surface area contributed by atoms with Crippen LogP contribution in [0.4, 0.5) is 5.69 Å². The van der Waals surface area contributed by atoms with Crippen molar-refractivity contribution >= 4 is 37.9 Å². The van der Waals surface area contributed by atoms with Crippen LogP contribution in [0.25, 0.3) is 0 Å². The monoisotopic (exact) mass is 383 g/mol. The Morgan fingerprint density at radius 1 is 1.14 bits per heavy atom. The molecule has 5 nitrogen and oxygen atoms in total. The van der Waals surface area contributed by atoms with E-state index >= 15 is 0 Å². The summed E-state index contributed by atoms with van der Waals surface area (Å²) in [5, 5.41) is 0. The standard InChI is InChI=1S/C15H14BrNO4S/c1-17(13-5-8-15(21-2)11(9-13)10-18)22(19,20)14-6-3-12(16)4-7-14/h3-10H,1-2H3. The third kappa shape index (κ3) is 3.15. The molecular weight excluding hydrogens is 370 g/mol. The Morgan fingerprint density at radius 3 is 2.32 bits per heavy atom. The fourth-order valence-electron chi connectivity index (χ4n) is 1.91. The van der Waals surface area contributed by atoms with E-state index in [1.165, 1.54) is 32.4 Å². The molecule has 0 N–H and O–H groups in total. The van der Waals surface area contributed by atoms with Gasteiger partial charge in [-0.25, -0.2) is 8.42 Å². The Balaban J connectivity index is 2.44. The molecule has 0 unspecified atom stereocenters. The smallest absolute Gasteiger partial charge is 0.264 e. The third-order valence-electron chi connectivity index (χ3n) is 3.18. The van der Waals surface area contributed by atoms with Crippen LogP contribution in [0.15, 0.2) is 51.8 Å². The van der Waals surface area contributed by atoms with Gasteiger partial charge in [-0.05, 0) is 42.5 Å². The average Bonchev–Trinajstić information content (AvgIpc) is 2.53. The lowest BCUT2D eigenvalue weighted by atomic mass is 10.2. The van der Waals surface area contributed by atoms with Crippen molar-refractivity contribution in [3.05, 3.63) is 52.5 Å². The van der Waals surface area contributed by atoms with E-state index in [0.29, 0.717) is 17.7 Å². The molecule has 22 heavy (non-hydrogen) atoms. The number of methoxy groups -OCH3 is 1. The summed E-state index contributed by atoms with van der Waals surface area (Å²) in [6, 6.07) is 11.0. The summed E-state index contributed by atoms with van der Waals surface area (Å²) < 4.78 is 32.1. The molecule has 0 saturated heterocycles. The normalized spacial score (nSPS) is 11.0. The number of rotatable bonds is 5. The van der Waals surface area contributed by atoms with Crippen molar-refractivity contribution in [1.29, 1.82) is 0 Å². The van der Waals surface area contributed by atoms with Gasteiger partial charge in [0.15, 0.2) is 6.29 Å². The van der Waals surface area contributed by atoms with E-state index in [1.807, 2.05) is 0 Å². The second-order valence-electron chi connectivity index (χ2n) is 4.47. The molecule has 0 heterocycles. The molecule has 0 bridgehead atoms. The molecule has 0 spiro atoms. The largest absolute Gasteiger partial charge is 0.496 e. The van der Waals surface area contributed by atoms with Gasteiger partial charge in [0.2, 0.25) is 0 Å². The highest BCUT2D eigenvalue weighted by molar-refractivity contribution is 9.10. The van der Waals surface area contributed by atoms with Crippen LogP contribution < -0.4 is 9.04 Å². The third-order valence-corrected chi connectivity index (χ3v) is 5.50. The summed E-state index contributed by atoms with van der Waals surface area (Å²) in [5.74, 6) is 0.396. The predicted octanol–water partition coefficient (Wildman–Crippen LogP) is 3.10. The molecule has 0 aliphatic carbocycles. The molecule has 0 saturated carbocycles. The number of sulfonamides is 1. The van der Waals surface area contributed by atoms with Crippen molar-refractivity contribution in [2.45, 2.75) is 4.90 Å². The second-order valence-corrected chi connectivity index (χ2v) is 7.36. The molecule has 0 radical (unpaired) electrons. The fraction of sp³-hybridized carbons (Fsp3) is 0.133. The topological polar surface area (TPSA) is 63.7 Å². The van der Waals surface area contributed by atoms with Gasteiger partial charge in [-0.2, -0.15) is 0 Å². The van der Waals surface area contributed by atoms with E-state index in [1.54, 1.807) is 24.3 Å². The first kappa shape index (κ1) is 16.5. The molecular formula is C15H14BrNO4S. The summed E-state index contributed by atoms with van der Waals surface area (Å²) in [7, 11) is -0.811. The molecule has 0 aliphatic rings. The maximum absolute atomic E-state index is 12.6. The first-order valence-corrected chi connectivity index (χ1v) is 8.51. The molecule has 0 atom stereocenters. The molecule has 0 aromatic heterocycles. The van der Waals surface area contributed by atoms with Crippen LogP contribution in [0.3, 0.4) is 0 Å². The lowest BCUT2D eigenvalue weighted by Gasteiger charge is -2.20. The lowest BCUT2D eigenvalue weighted by molar-refractivity contribution is 0.112. The second kappa shape index (κ2) is 6.50. The summed E-state index contributed by atoms with van der Waals surface area (Å²) >= 11 is 3.27. The first-order valence-electron chi connectivity index (χ1n) is 6.28. The molecule has 116 valence electrons. The van der Waals surface area contributed by atoms with Crippen molar-refractivity contribution in [3.63, 3.8) is 0 Å².